The SMILES string of the molecule is NS(=O)(=O)c1cc(NC(=O)Cc2ccccc2Cl)ccc1-c1cnn(C2CCCC2)c1. The van der Waals surface area contributed by atoms with Crippen LogP contribution in [0.4, 0.5) is 5.69 Å². The van der Waals surface area contributed by atoms with Gasteiger partial charge < -0.3 is 5.32 Å². The predicted octanol–water partition coefficient (Wildman–Crippen LogP) is 4.15. The van der Waals surface area contributed by atoms with Crippen molar-refractivity contribution in [3.05, 3.63) is 65.4 Å². The number of benzene rings is 2. The zero-order valence-corrected chi connectivity index (χ0v) is 18.4. The van der Waals surface area contributed by atoms with Crippen LogP contribution in [0.2, 0.25) is 5.02 Å². The number of anilines is 1. The number of primary sulfonamides is 1. The molecule has 2 aromatic carbocycles. The van der Waals surface area contributed by atoms with E-state index in [0.29, 0.717) is 33.4 Å². The summed E-state index contributed by atoms with van der Waals surface area (Å²) in [4.78, 5) is 12.4. The van der Waals surface area contributed by atoms with Gasteiger partial charge in [0.15, 0.2) is 0 Å². The summed E-state index contributed by atoms with van der Waals surface area (Å²) >= 11 is 6.11. The molecule has 3 aromatic rings. The average molecular weight is 459 g/mol. The molecular weight excluding hydrogens is 436 g/mol. The first kappa shape index (κ1) is 21.5. The largest absolute Gasteiger partial charge is 0.326 e. The Morgan fingerprint density at radius 2 is 1.94 bits per heavy atom. The van der Waals surface area contributed by atoms with E-state index in [1.165, 1.54) is 18.9 Å². The third-order valence-electron chi connectivity index (χ3n) is 5.49. The van der Waals surface area contributed by atoms with Gasteiger partial charge in [0.1, 0.15) is 0 Å². The molecule has 1 aliphatic rings. The summed E-state index contributed by atoms with van der Waals surface area (Å²) in [6.45, 7) is 0. The summed E-state index contributed by atoms with van der Waals surface area (Å²) in [5.74, 6) is -0.310. The van der Waals surface area contributed by atoms with E-state index in [-0.39, 0.29) is 17.2 Å². The molecule has 3 N–H and O–H groups in total. The van der Waals surface area contributed by atoms with Crippen molar-refractivity contribution in [1.29, 1.82) is 0 Å². The lowest BCUT2D eigenvalue weighted by molar-refractivity contribution is -0.115. The van der Waals surface area contributed by atoms with Crippen molar-refractivity contribution < 1.29 is 13.2 Å². The smallest absolute Gasteiger partial charge is 0.238 e. The molecule has 9 heteroatoms. The molecule has 7 nitrogen and oxygen atoms in total. The van der Waals surface area contributed by atoms with E-state index in [4.69, 9.17) is 16.7 Å². The highest BCUT2D eigenvalue weighted by Gasteiger charge is 2.21. The highest BCUT2D eigenvalue weighted by atomic mass is 35.5. The van der Waals surface area contributed by atoms with Crippen molar-refractivity contribution in [2.75, 3.05) is 5.32 Å². The van der Waals surface area contributed by atoms with Gasteiger partial charge in [0.25, 0.3) is 0 Å². The molecule has 1 heterocycles. The Bertz CT molecular complexity index is 1220. The van der Waals surface area contributed by atoms with Gasteiger partial charge in [-0.1, -0.05) is 48.7 Å². The second-order valence-corrected chi connectivity index (χ2v) is 9.66. The first-order valence-corrected chi connectivity index (χ1v) is 12.0. The van der Waals surface area contributed by atoms with E-state index in [2.05, 4.69) is 10.4 Å². The Balaban J connectivity index is 1.59. The minimum absolute atomic E-state index is 0.0611. The van der Waals surface area contributed by atoms with Crippen molar-refractivity contribution in [2.24, 2.45) is 5.14 Å². The first-order valence-electron chi connectivity index (χ1n) is 10.1. The standard InChI is InChI=1S/C22H23ClN4O3S/c23-20-8-4-1-5-15(20)11-22(28)26-17-9-10-19(21(12-17)31(24,29)30)16-13-25-27(14-16)18-6-2-3-7-18/h1,4-5,8-10,12-14,18H,2-3,6-7,11H2,(H,26,28)(H2,24,29,30). The van der Waals surface area contributed by atoms with E-state index >= 15 is 0 Å². The topological polar surface area (TPSA) is 107 Å². The molecule has 0 unspecified atom stereocenters. The highest BCUT2D eigenvalue weighted by molar-refractivity contribution is 7.89. The molecule has 0 radical (unpaired) electrons. The summed E-state index contributed by atoms with van der Waals surface area (Å²) in [5, 5.41) is 13.1. The van der Waals surface area contributed by atoms with E-state index in [0.717, 1.165) is 12.8 Å². The van der Waals surface area contributed by atoms with Gasteiger partial charge in [0.2, 0.25) is 15.9 Å². The lowest BCUT2D eigenvalue weighted by atomic mass is 10.1. The molecule has 1 fully saturated rings. The Morgan fingerprint density at radius 3 is 2.65 bits per heavy atom. The predicted molar refractivity (Wildman–Crippen MR) is 120 cm³/mol. The molecule has 1 amide bonds. The van der Waals surface area contributed by atoms with Gasteiger partial charge in [0.05, 0.1) is 23.6 Å². The minimum Gasteiger partial charge on any atom is -0.326 e. The number of aromatic nitrogens is 2. The van der Waals surface area contributed by atoms with E-state index in [1.807, 2.05) is 10.9 Å². The molecule has 4 rings (SSSR count). The fourth-order valence-electron chi connectivity index (χ4n) is 3.94. The second kappa shape index (κ2) is 8.82. The third kappa shape index (κ3) is 4.98. The fourth-order valence-corrected chi connectivity index (χ4v) is 4.93. The Hall–Kier alpha value is -2.68. The molecule has 0 spiro atoms. The Morgan fingerprint density at radius 1 is 1.19 bits per heavy atom. The monoisotopic (exact) mass is 458 g/mol. The second-order valence-electron chi connectivity index (χ2n) is 7.72. The number of rotatable bonds is 6. The van der Waals surface area contributed by atoms with Gasteiger partial charge in [-0.05, 0) is 36.6 Å². The average Bonchev–Trinajstić information content (AvgIpc) is 3.41. The number of nitrogens with one attached hydrogen (secondary N) is 1. The van der Waals surface area contributed by atoms with Crippen LogP contribution in [0, 0.1) is 0 Å². The maximum Gasteiger partial charge on any atom is 0.238 e. The Kier molecular flexibility index (Phi) is 6.13. The van der Waals surface area contributed by atoms with Crippen LogP contribution in [0.15, 0.2) is 59.8 Å². The van der Waals surface area contributed by atoms with Gasteiger partial charge in [-0.25, -0.2) is 13.6 Å². The van der Waals surface area contributed by atoms with Crippen LogP contribution >= 0.6 is 11.6 Å². The van der Waals surface area contributed by atoms with Crippen LogP contribution in [0.1, 0.15) is 37.3 Å². The van der Waals surface area contributed by atoms with Crippen LogP contribution in [-0.4, -0.2) is 24.1 Å². The third-order valence-corrected chi connectivity index (χ3v) is 6.81. The van der Waals surface area contributed by atoms with Crippen molar-refractivity contribution in [2.45, 2.75) is 43.0 Å². The van der Waals surface area contributed by atoms with Crippen LogP contribution in [0.25, 0.3) is 11.1 Å². The number of carbonyl (C=O) groups is 1. The van der Waals surface area contributed by atoms with Crippen molar-refractivity contribution in [3.63, 3.8) is 0 Å². The van der Waals surface area contributed by atoms with E-state index < -0.39 is 10.0 Å². The number of amides is 1. The van der Waals surface area contributed by atoms with E-state index in [1.54, 1.807) is 42.6 Å². The lowest BCUT2D eigenvalue weighted by Gasteiger charge is -2.11. The summed E-state index contributed by atoms with van der Waals surface area (Å²) in [7, 11) is -4.02. The molecule has 1 saturated carbocycles. The summed E-state index contributed by atoms with van der Waals surface area (Å²) in [6.07, 6.45) is 8.06. The Labute approximate surface area is 186 Å². The number of hydrogen-bond acceptors (Lipinski definition) is 4. The lowest BCUT2D eigenvalue weighted by Crippen LogP contribution is -2.17. The minimum atomic E-state index is -4.02. The van der Waals surface area contributed by atoms with Gasteiger partial charge >= 0.3 is 0 Å². The van der Waals surface area contributed by atoms with Crippen LogP contribution in [-0.2, 0) is 21.2 Å². The van der Waals surface area contributed by atoms with Crippen LogP contribution < -0.4 is 10.5 Å². The van der Waals surface area contributed by atoms with E-state index in [9.17, 15) is 13.2 Å². The normalized spacial score (nSPS) is 14.6. The summed E-state index contributed by atoms with van der Waals surface area (Å²) in [5.41, 5.74) is 2.15. The number of sulfonamides is 1. The van der Waals surface area contributed by atoms with Crippen LogP contribution in [0.3, 0.4) is 0 Å². The molecule has 0 bridgehead atoms. The van der Waals surface area contributed by atoms with Crippen LogP contribution in [0.5, 0.6) is 0 Å². The zero-order valence-electron chi connectivity index (χ0n) is 16.8. The number of hydrogen-bond donors (Lipinski definition) is 2. The molecule has 1 aliphatic carbocycles. The molecule has 0 atom stereocenters. The maximum atomic E-state index is 12.4. The van der Waals surface area contributed by atoms with Crippen molar-refractivity contribution in [3.8, 4) is 11.1 Å². The van der Waals surface area contributed by atoms with Gasteiger partial charge in [-0.2, -0.15) is 5.10 Å². The molecule has 0 saturated heterocycles. The molecular formula is C22H23ClN4O3S. The number of carbonyl (C=O) groups excluding carboxylic acids is 1. The maximum absolute atomic E-state index is 12.4. The number of nitrogens with zero attached hydrogens (tertiary/aromatic N) is 2. The fraction of sp³-hybridized carbons (Fsp3) is 0.273. The van der Waals surface area contributed by atoms with Crippen molar-refractivity contribution in [1.82, 2.24) is 9.78 Å². The van der Waals surface area contributed by atoms with Crippen molar-refractivity contribution >= 4 is 33.2 Å². The zero-order chi connectivity index (χ0) is 22.0. The molecule has 31 heavy (non-hydrogen) atoms. The van der Waals surface area contributed by atoms with Gasteiger partial charge in [-0.3, -0.25) is 9.48 Å². The molecule has 162 valence electrons. The first-order chi connectivity index (χ1) is 14.8. The molecule has 0 aliphatic heterocycles. The summed E-state index contributed by atoms with van der Waals surface area (Å²) < 4.78 is 26.5. The summed E-state index contributed by atoms with van der Waals surface area (Å²) in [6, 6.07) is 12.1. The number of halogens is 1. The number of nitrogens with two attached hydrogens (primary N) is 1. The molecule has 1 aromatic heterocycles. The van der Waals surface area contributed by atoms with Gasteiger partial charge in [-0.15, -0.1) is 0 Å². The quantitative estimate of drug-likeness (QED) is 0.578. The highest BCUT2D eigenvalue weighted by Crippen LogP contribution is 2.33. The van der Waals surface area contributed by atoms with Gasteiger partial charge in [0, 0.05) is 28.0 Å².